The highest BCUT2D eigenvalue weighted by atomic mass is 16.4. The summed E-state index contributed by atoms with van der Waals surface area (Å²) in [6.45, 7) is 6.20. The van der Waals surface area contributed by atoms with Crippen LogP contribution in [-0.2, 0) is 6.54 Å². The van der Waals surface area contributed by atoms with E-state index in [2.05, 4.69) is 11.6 Å². The maximum atomic E-state index is 10.9. The van der Waals surface area contributed by atoms with Gasteiger partial charge in [-0.15, -0.1) is 6.58 Å². The molecule has 82 valence electrons. The van der Waals surface area contributed by atoms with E-state index >= 15 is 0 Å². The molecule has 0 saturated carbocycles. The summed E-state index contributed by atoms with van der Waals surface area (Å²) in [5.41, 5.74) is 1.92. The van der Waals surface area contributed by atoms with E-state index in [1.54, 1.807) is 24.3 Å². The third-order valence-electron chi connectivity index (χ3n) is 2.50. The summed E-state index contributed by atoms with van der Waals surface area (Å²) in [4.78, 5) is 15.2. The molecule has 0 bridgehead atoms. The highest BCUT2D eigenvalue weighted by Gasteiger charge is 2.09. The molecule has 2 rings (SSSR count). The van der Waals surface area contributed by atoms with Crippen LogP contribution in [0.25, 0.3) is 11.0 Å². The molecule has 2 aromatic rings. The number of nitrogens with zero attached hydrogens (tertiary/aromatic N) is 2. The smallest absolute Gasteiger partial charge is 0.335 e. The number of aromatic nitrogens is 2. The van der Waals surface area contributed by atoms with E-state index in [0.29, 0.717) is 6.54 Å². The Kier molecular flexibility index (Phi) is 2.48. The average Bonchev–Trinajstić information content (AvgIpc) is 2.55. The van der Waals surface area contributed by atoms with Crippen molar-refractivity contribution in [2.45, 2.75) is 13.5 Å². The Morgan fingerprint density at radius 3 is 3.00 bits per heavy atom. The van der Waals surface area contributed by atoms with Crippen LogP contribution in [-0.4, -0.2) is 20.6 Å². The van der Waals surface area contributed by atoms with Crippen molar-refractivity contribution >= 4 is 17.0 Å². The maximum Gasteiger partial charge on any atom is 0.335 e. The molecule has 0 aliphatic heterocycles. The number of carboxylic acids is 1. The first kappa shape index (κ1) is 10.4. The number of allylic oxidation sites excluding steroid dienone is 1. The number of hydrogen-bond acceptors (Lipinski definition) is 2. The molecule has 0 atom stereocenters. The predicted octanol–water partition coefficient (Wildman–Crippen LogP) is 2.23. The second kappa shape index (κ2) is 3.81. The van der Waals surface area contributed by atoms with E-state index in [4.69, 9.17) is 5.11 Å². The topological polar surface area (TPSA) is 55.1 Å². The van der Waals surface area contributed by atoms with Gasteiger partial charge in [0.25, 0.3) is 0 Å². The summed E-state index contributed by atoms with van der Waals surface area (Å²) in [6, 6.07) is 4.93. The zero-order valence-corrected chi connectivity index (χ0v) is 8.97. The van der Waals surface area contributed by atoms with Crippen molar-refractivity contribution in [3.05, 3.63) is 42.2 Å². The highest BCUT2D eigenvalue weighted by molar-refractivity contribution is 5.92. The van der Waals surface area contributed by atoms with Gasteiger partial charge in [-0.1, -0.05) is 6.08 Å². The Morgan fingerprint density at radius 2 is 2.38 bits per heavy atom. The Morgan fingerprint density at radius 1 is 1.62 bits per heavy atom. The summed E-state index contributed by atoms with van der Waals surface area (Å²) in [6.07, 6.45) is 1.77. The molecule has 16 heavy (non-hydrogen) atoms. The first-order valence-corrected chi connectivity index (χ1v) is 4.94. The fraction of sp³-hybridized carbons (Fsp3) is 0.167. The second-order valence-corrected chi connectivity index (χ2v) is 3.57. The monoisotopic (exact) mass is 216 g/mol. The molecule has 0 radical (unpaired) electrons. The van der Waals surface area contributed by atoms with E-state index in [0.717, 1.165) is 16.9 Å². The van der Waals surface area contributed by atoms with Crippen molar-refractivity contribution in [1.82, 2.24) is 9.55 Å². The average molecular weight is 216 g/mol. The molecular weight excluding hydrogens is 204 g/mol. The highest BCUT2D eigenvalue weighted by Crippen LogP contribution is 2.17. The summed E-state index contributed by atoms with van der Waals surface area (Å²) in [7, 11) is 0. The molecule has 0 saturated heterocycles. The number of fused-ring (bicyclic) bond motifs is 1. The number of carbonyl (C=O) groups is 1. The molecule has 1 N–H and O–H groups in total. The quantitative estimate of drug-likeness (QED) is 0.800. The van der Waals surface area contributed by atoms with Crippen LogP contribution >= 0.6 is 0 Å². The summed E-state index contributed by atoms with van der Waals surface area (Å²) in [5.74, 6) is -0.0663. The lowest BCUT2D eigenvalue weighted by molar-refractivity contribution is 0.0697. The van der Waals surface area contributed by atoms with Gasteiger partial charge in [0.2, 0.25) is 0 Å². The largest absolute Gasteiger partial charge is 0.478 e. The third kappa shape index (κ3) is 1.58. The predicted molar refractivity (Wildman–Crippen MR) is 61.6 cm³/mol. The van der Waals surface area contributed by atoms with Gasteiger partial charge in [0.1, 0.15) is 5.82 Å². The number of hydrogen-bond donors (Lipinski definition) is 1. The van der Waals surface area contributed by atoms with Crippen LogP contribution in [0.4, 0.5) is 0 Å². The van der Waals surface area contributed by atoms with Gasteiger partial charge in [-0.25, -0.2) is 9.78 Å². The molecule has 4 heteroatoms. The van der Waals surface area contributed by atoms with Gasteiger partial charge in [0.15, 0.2) is 0 Å². The number of imidazole rings is 1. The Hall–Kier alpha value is -2.10. The lowest BCUT2D eigenvalue weighted by Crippen LogP contribution is -1.99. The lowest BCUT2D eigenvalue weighted by atomic mass is 10.2. The van der Waals surface area contributed by atoms with Crippen molar-refractivity contribution in [2.75, 3.05) is 0 Å². The Labute approximate surface area is 92.8 Å². The molecule has 0 unspecified atom stereocenters. The zero-order valence-electron chi connectivity index (χ0n) is 8.97. The summed E-state index contributed by atoms with van der Waals surface area (Å²) < 4.78 is 1.94. The van der Waals surface area contributed by atoms with E-state index < -0.39 is 5.97 Å². The van der Waals surface area contributed by atoms with Gasteiger partial charge >= 0.3 is 5.97 Å². The van der Waals surface area contributed by atoms with Crippen molar-refractivity contribution in [1.29, 1.82) is 0 Å². The summed E-state index contributed by atoms with van der Waals surface area (Å²) >= 11 is 0. The fourth-order valence-corrected chi connectivity index (χ4v) is 1.74. The standard InChI is InChI=1S/C12H12N2O2/c1-3-6-14-8(2)13-10-5-4-9(12(15)16)7-11(10)14/h3-5,7H,1,6H2,2H3,(H,15,16). The molecule has 0 amide bonds. The first-order valence-electron chi connectivity index (χ1n) is 4.94. The molecule has 1 heterocycles. The van der Waals surface area contributed by atoms with Crippen LogP contribution in [0, 0.1) is 6.92 Å². The zero-order chi connectivity index (χ0) is 11.7. The van der Waals surface area contributed by atoms with Crippen LogP contribution in [0.1, 0.15) is 16.2 Å². The number of aryl methyl sites for hydroxylation is 1. The normalized spacial score (nSPS) is 10.6. The number of carboxylic acid groups (broad SMARTS) is 1. The molecule has 1 aromatic carbocycles. The fourth-order valence-electron chi connectivity index (χ4n) is 1.74. The minimum Gasteiger partial charge on any atom is -0.478 e. The first-order chi connectivity index (χ1) is 7.63. The molecular formula is C12H12N2O2. The van der Waals surface area contributed by atoms with Gasteiger partial charge in [0.05, 0.1) is 16.6 Å². The van der Waals surface area contributed by atoms with Crippen molar-refractivity contribution in [3.8, 4) is 0 Å². The van der Waals surface area contributed by atoms with Crippen molar-refractivity contribution < 1.29 is 9.90 Å². The summed E-state index contributed by atoms with van der Waals surface area (Å²) in [5, 5.41) is 8.92. The van der Waals surface area contributed by atoms with Crippen LogP contribution in [0.2, 0.25) is 0 Å². The van der Waals surface area contributed by atoms with E-state index in [1.807, 2.05) is 11.5 Å². The van der Waals surface area contributed by atoms with Crippen molar-refractivity contribution in [2.24, 2.45) is 0 Å². The van der Waals surface area contributed by atoms with Gasteiger partial charge < -0.3 is 9.67 Å². The van der Waals surface area contributed by atoms with E-state index in [-0.39, 0.29) is 5.56 Å². The van der Waals surface area contributed by atoms with Gasteiger partial charge in [-0.3, -0.25) is 0 Å². The number of aromatic carboxylic acids is 1. The maximum absolute atomic E-state index is 10.9. The lowest BCUT2D eigenvalue weighted by Gasteiger charge is -2.02. The Bertz CT molecular complexity index is 570. The molecule has 4 nitrogen and oxygen atoms in total. The van der Waals surface area contributed by atoms with E-state index in [1.165, 1.54) is 0 Å². The minimum absolute atomic E-state index is 0.276. The van der Waals surface area contributed by atoms with Gasteiger partial charge in [-0.2, -0.15) is 0 Å². The molecule has 0 fully saturated rings. The van der Waals surface area contributed by atoms with Crippen molar-refractivity contribution in [3.63, 3.8) is 0 Å². The SMILES string of the molecule is C=CCn1c(C)nc2ccc(C(=O)O)cc21. The van der Waals surface area contributed by atoms with Crippen LogP contribution < -0.4 is 0 Å². The van der Waals surface area contributed by atoms with Crippen LogP contribution in [0.5, 0.6) is 0 Å². The second-order valence-electron chi connectivity index (χ2n) is 3.57. The Balaban J connectivity index is 2.68. The van der Waals surface area contributed by atoms with Gasteiger partial charge in [0, 0.05) is 6.54 Å². The third-order valence-corrected chi connectivity index (χ3v) is 2.50. The minimum atomic E-state index is -0.925. The van der Waals surface area contributed by atoms with Crippen LogP contribution in [0.15, 0.2) is 30.9 Å². The van der Waals surface area contributed by atoms with Crippen LogP contribution in [0.3, 0.4) is 0 Å². The number of rotatable bonds is 3. The molecule has 0 aliphatic carbocycles. The van der Waals surface area contributed by atoms with Gasteiger partial charge in [-0.05, 0) is 25.1 Å². The molecule has 1 aromatic heterocycles. The molecule has 0 aliphatic rings. The number of benzene rings is 1. The van der Waals surface area contributed by atoms with E-state index in [9.17, 15) is 4.79 Å². The molecule has 0 spiro atoms.